The summed E-state index contributed by atoms with van der Waals surface area (Å²) < 4.78 is 0. The number of rotatable bonds is 4. The molecule has 0 spiro atoms. The van der Waals surface area contributed by atoms with Crippen LogP contribution in [0.25, 0.3) is 0 Å². The Morgan fingerprint density at radius 3 is 2.81 bits per heavy atom. The van der Waals surface area contributed by atoms with Gasteiger partial charge >= 0.3 is 0 Å². The Balaban J connectivity index is 1.66. The quantitative estimate of drug-likeness (QED) is 0.616. The molecule has 1 aliphatic rings. The van der Waals surface area contributed by atoms with E-state index < -0.39 is 5.92 Å². The van der Waals surface area contributed by atoms with Gasteiger partial charge in [-0.1, -0.05) is 47.5 Å². The van der Waals surface area contributed by atoms with Crippen molar-refractivity contribution in [3.63, 3.8) is 0 Å². The van der Waals surface area contributed by atoms with E-state index in [4.69, 9.17) is 23.2 Å². The summed E-state index contributed by atoms with van der Waals surface area (Å²) in [5.74, 6) is -0.819. The number of carbonyl (C=O) groups excluding carboxylic acids is 2. The molecule has 2 aromatic rings. The molecule has 1 heterocycles. The molecule has 1 unspecified atom stereocenters. The molecule has 3 rings (SSSR count). The number of carbonyl (C=O) groups is 2. The average Bonchev–Trinajstić information content (AvgIpc) is 3.02. The predicted octanol–water partition coefficient (Wildman–Crippen LogP) is 4.11. The van der Waals surface area contributed by atoms with Crippen LogP contribution in [-0.2, 0) is 9.59 Å². The largest absolute Gasteiger partial charge is 0.311 e. The van der Waals surface area contributed by atoms with Gasteiger partial charge in [-0.3, -0.25) is 9.59 Å². The fraction of sp³-hybridized carbons (Fsp3) is 0.250. The third kappa shape index (κ3) is 4.31. The minimum absolute atomic E-state index is 0.0642. The average molecular weight is 404 g/mol. The van der Waals surface area contributed by atoms with Crippen LogP contribution in [0.5, 0.6) is 0 Å². The first-order chi connectivity index (χ1) is 12.9. The summed E-state index contributed by atoms with van der Waals surface area (Å²) in [6.45, 7) is 4.26. The van der Waals surface area contributed by atoms with Crippen LogP contribution >= 0.6 is 23.2 Å². The van der Waals surface area contributed by atoms with Gasteiger partial charge in [-0.15, -0.1) is 0 Å². The Hall–Kier alpha value is -2.37. The lowest BCUT2D eigenvalue weighted by Gasteiger charge is -2.19. The molecule has 140 valence electrons. The topological polar surface area (TPSA) is 61.8 Å². The van der Waals surface area contributed by atoms with Gasteiger partial charge in [0.1, 0.15) is 0 Å². The van der Waals surface area contributed by atoms with Gasteiger partial charge in [0.2, 0.25) is 11.8 Å². The maximum atomic E-state index is 12.4. The molecule has 2 amide bonds. The maximum Gasteiger partial charge on any atom is 0.245 e. The summed E-state index contributed by atoms with van der Waals surface area (Å²) in [6.07, 6.45) is 1.60. The monoisotopic (exact) mass is 403 g/mol. The van der Waals surface area contributed by atoms with Gasteiger partial charge in [0.05, 0.1) is 22.2 Å². The normalized spacial score (nSPS) is 17.0. The highest BCUT2D eigenvalue weighted by atomic mass is 35.5. The molecule has 27 heavy (non-hydrogen) atoms. The van der Waals surface area contributed by atoms with Crippen molar-refractivity contribution in [2.45, 2.75) is 20.3 Å². The maximum absolute atomic E-state index is 12.4. The summed E-state index contributed by atoms with van der Waals surface area (Å²) >= 11 is 12.0. The Bertz CT molecular complexity index is 927. The summed E-state index contributed by atoms with van der Waals surface area (Å²) in [5.41, 5.74) is 6.01. The molecule has 1 fully saturated rings. The Morgan fingerprint density at radius 1 is 1.26 bits per heavy atom. The summed E-state index contributed by atoms with van der Waals surface area (Å²) in [4.78, 5) is 26.5. The van der Waals surface area contributed by atoms with Gasteiger partial charge in [-0.25, -0.2) is 5.43 Å². The molecule has 0 saturated carbocycles. The number of hydrogen-bond acceptors (Lipinski definition) is 3. The van der Waals surface area contributed by atoms with Crippen molar-refractivity contribution in [1.29, 1.82) is 0 Å². The second kappa shape index (κ2) is 8.11. The van der Waals surface area contributed by atoms with Crippen LogP contribution in [0.3, 0.4) is 0 Å². The Morgan fingerprint density at radius 2 is 2.04 bits per heavy atom. The number of hydrogen-bond donors (Lipinski definition) is 1. The number of anilines is 1. The van der Waals surface area contributed by atoms with E-state index in [0.717, 1.165) is 16.8 Å². The number of nitrogens with zero attached hydrogens (tertiary/aromatic N) is 2. The number of nitrogens with one attached hydrogen (secondary N) is 1. The van der Waals surface area contributed by atoms with Crippen molar-refractivity contribution in [2.75, 3.05) is 11.4 Å². The molecule has 1 N–H and O–H groups in total. The Labute approximate surface area is 168 Å². The van der Waals surface area contributed by atoms with Crippen molar-refractivity contribution >= 4 is 46.9 Å². The molecule has 0 radical (unpaired) electrons. The molecule has 7 heteroatoms. The van der Waals surface area contributed by atoms with Crippen molar-refractivity contribution in [2.24, 2.45) is 11.0 Å². The zero-order chi connectivity index (χ0) is 19.6. The predicted molar refractivity (Wildman–Crippen MR) is 109 cm³/mol. The minimum atomic E-state index is -0.454. The van der Waals surface area contributed by atoms with E-state index in [9.17, 15) is 9.59 Å². The molecule has 0 aliphatic carbocycles. The van der Waals surface area contributed by atoms with Gasteiger partial charge in [0.25, 0.3) is 0 Å². The second-order valence-corrected chi connectivity index (χ2v) is 7.36. The van der Waals surface area contributed by atoms with Crippen LogP contribution in [0.15, 0.2) is 41.5 Å². The molecular formula is C20H19Cl2N3O2. The molecule has 5 nitrogen and oxygen atoms in total. The first kappa shape index (κ1) is 19.4. The summed E-state index contributed by atoms with van der Waals surface area (Å²) in [7, 11) is 0. The van der Waals surface area contributed by atoms with E-state index in [1.54, 1.807) is 23.1 Å². The van der Waals surface area contributed by atoms with Crippen molar-refractivity contribution in [1.82, 2.24) is 5.43 Å². The molecule has 1 aliphatic heterocycles. The second-order valence-electron chi connectivity index (χ2n) is 6.57. The minimum Gasteiger partial charge on any atom is -0.311 e. The standard InChI is InChI=1S/C20H19Cl2N3O2/c1-12-6-7-13(2)17(8-12)25-11-15(9-18(25)26)20(27)24-23-10-14-4-3-5-16(21)19(14)22/h3-8,10,15H,9,11H2,1-2H3,(H,24,27)/b23-10+. The summed E-state index contributed by atoms with van der Waals surface area (Å²) in [6, 6.07) is 11.1. The zero-order valence-corrected chi connectivity index (χ0v) is 16.5. The van der Waals surface area contributed by atoms with E-state index in [2.05, 4.69) is 10.5 Å². The first-order valence-electron chi connectivity index (χ1n) is 8.51. The van der Waals surface area contributed by atoms with E-state index in [1.807, 2.05) is 32.0 Å². The van der Waals surface area contributed by atoms with Gasteiger partial charge in [-0.05, 0) is 37.1 Å². The number of amides is 2. The SMILES string of the molecule is Cc1ccc(C)c(N2CC(C(=O)N/N=C/c3cccc(Cl)c3Cl)CC2=O)c1. The number of hydrazone groups is 1. The molecule has 0 bridgehead atoms. The highest BCUT2D eigenvalue weighted by Crippen LogP contribution is 2.29. The van der Waals surface area contributed by atoms with Crippen LogP contribution in [0.1, 0.15) is 23.1 Å². The van der Waals surface area contributed by atoms with Gasteiger partial charge in [-0.2, -0.15) is 5.10 Å². The third-order valence-electron chi connectivity index (χ3n) is 4.51. The van der Waals surface area contributed by atoms with Crippen LogP contribution in [-0.4, -0.2) is 24.6 Å². The lowest BCUT2D eigenvalue weighted by atomic mass is 10.1. The highest BCUT2D eigenvalue weighted by molar-refractivity contribution is 6.43. The zero-order valence-electron chi connectivity index (χ0n) is 15.0. The van der Waals surface area contributed by atoms with Gasteiger partial charge < -0.3 is 4.90 Å². The van der Waals surface area contributed by atoms with Crippen molar-refractivity contribution in [3.05, 3.63) is 63.1 Å². The van der Waals surface area contributed by atoms with Crippen LogP contribution in [0.2, 0.25) is 10.0 Å². The first-order valence-corrected chi connectivity index (χ1v) is 9.27. The van der Waals surface area contributed by atoms with Crippen molar-refractivity contribution in [3.8, 4) is 0 Å². The summed E-state index contributed by atoms with van der Waals surface area (Å²) in [5, 5.41) is 4.73. The fourth-order valence-electron chi connectivity index (χ4n) is 3.00. The Kier molecular flexibility index (Phi) is 5.82. The van der Waals surface area contributed by atoms with Gasteiger partial charge in [0, 0.05) is 24.2 Å². The van der Waals surface area contributed by atoms with E-state index in [-0.39, 0.29) is 18.2 Å². The van der Waals surface area contributed by atoms with E-state index >= 15 is 0 Å². The number of aryl methyl sites for hydroxylation is 2. The van der Waals surface area contributed by atoms with Gasteiger partial charge in [0.15, 0.2) is 0 Å². The van der Waals surface area contributed by atoms with E-state index in [1.165, 1.54) is 6.21 Å². The molecular weight excluding hydrogens is 385 g/mol. The molecule has 0 aromatic heterocycles. The van der Waals surface area contributed by atoms with Crippen LogP contribution in [0, 0.1) is 19.8 Å². The van der Waals surface area contributed by atoms with Crippen LogP contribution in [0.4, 0.5) is 5.69 Å². The fourth-order valence-corrected chi connectivity index (χ4v) is 3.36. The lowest BCUT2D eigenvalue weighted by molar-refractivity contribution is -0.126. The third-order valence-corrected chi connectivity index (χ3v) is 5.34. The number of benzene rings is 2. The molecule has 1 atom stereocenters. The molecule has 1 saturated heterocycles. The molecule has 2 aromatic carbocycles. The van der Waals surface area contributed by atoms with Crippen molar-refractivity contribution < 1.29 is 9.59 Å². The van der Waals surface area contributed by atoms with Crippen LogP contribution < -0.4 is 10.3 Å². The van der Waals surface area contributed by atoms with E-state index in [0.29, 0.717) is 22.2 Å². The smallest absolute Gasteiger partial charge is 0.245 e. The lowest BCUT2D eigenvalue weighted by Crippen LogP contribution is -2.30. The highest BCUT2D eigenvalue weighted by Gasteiger charge is 2.35. The number of halogens is 2.